The lowest BCUT2D eigenvalue weighted by Crippen LogP contribution is -1.76. The van der Waals surface area contributed by atoms with Crippen molar-refractivity contribution in [3.05, 3.63) is 17.9 Å². The van der Waals surface area contributed by atoms with E-state index in [0.29, 0.717) is 12.1 Å². The zero-order valence-corrected chi connectivity index (χ0v) is 5.74. The number of aromatic hydroxyl groups is 1. The summed E-state index contributed by atoms with van der Waals surface area (Å²) < 4.78 is 4.63. The fourth-order valence-electron chi connectivity index (χ4n) is 0.599. The van der Waals surface area contributed by atoms with Gasteiger partial charge in [-0.25, -0.2) is 0 Å². The van der Waals surface area contributed by atoms with Crippen LogP contribution >= 0.6 is 0 Å². The third kappa shape index (κ3) is 1.37. The molecule has 1 rings (SSSR count). The number of furan rings is 1. The van der Waals surface area contributed by atoms with Gasteiger partial charge in [-0.2, -0.15) is 0 Å². The highest BCUT2D eigenvalue weighted by molar-refractivity contribution is 5.81. The molecule has 0 aliphatic heterocycles. The fourth-order valence-corrected chi connectivity index (χ4v) is 0.599. The normalized spacial score (nSPS) is 10.9. The maximum absolute atomic E-state index is 8.92. The van der Waals surface area contributed by atoms with E-state index in [4.69, 9.17) is 5.11 Å². The zero-order valence-electron chi connectivity index (χ0n) is 5.74. The summed E-state index contributed by atoms with van der Waals surface area (Å²) in [4.78, 5) is 3.93. The average molecular weight is 139 g/mol. The van der Waals surface area contributed by atoms with Crippen molar-refractivity contribution in [1.82, 2.24) is 0 Å². The van der Waals surface area contributed by atoms with Crippen LogP contribution in [0, 0.1) is 0 Å². The second-order valence-electron chi connectivity index (χ2n) is 1.81. The SMILES string of the molecule is CCN=Cc1ccoc1O. The molecule has 1 heterocycles. The molecular formula is C7H9NO2. The van der Waals surface area contributed by atoms with E-state index in [9.17, 15) is 0 Å². The summed E-state index contributed by atoms with van der Waals surface area (Å²) in [5, 5.41) is 8.92. The van der Waals surface area contributed by atoms with E-state index in [2.05, 4.69) is 9.41 Å². The molecule has 0 aliphatic carbocycles. The number of hydrogen-bond acceptors (Lipinski definition) is 3. The largest absolute Gasteiger partial charge is 0.480 e. The highest BCUT2D eigenvalue weighted by Crippen LogP contribution is 2.14. The van der Waals surface area contributed by atoms with Gasteiger partial charge in [0.15, 0.2) is 0 Å². The van der Waals surface area contributed by atoms with Gasteiger partial charge in [0.2, 0.25) is 0 Å². The van der Waals surface area contributed by atoms with E-state index in [1.807, 2.05) is 6.92 Å². The molecule has 0 saturated heterocycles. The molecule has 0 aliphatic rings. The third-order valence-electron chi connectivity index (χ3n) is 1.09. The molecular weight excluding hydrogens is 130 g/mol. The van der Waals surface area contributed by atoms with Crippen LogP contribution < -0.4 is 0 Å². The smallest absolute Gasteiger partial charge is 0.290 e. The van der Waals surface area contributed by atoms with Crippen molar-refractivity contribution < 1.29 is 9.52 Å². The Morgan fingerprint density at radius 2 is 2.60 bits per heavy atom. The Kier molecular flexibility index (Phi) is 2.10. The number of nitrogens with zero attached hydrogens (tertiary/aromatic N) is 1. The molecule has 0 bridgehead atoms. The van der Waals surface area contributed by atoms with Crippen LogP contribution in [0.4, 0.5) is 0 Å². The van der Waals surface area contributed by atoms with Crippen LogP contribution in [0.3, 0.4) is 0 Å². The van der Waals surface area contributed by atoms with Crippen LogP contribution in [0.1, 0.15) is 12.5 Å². The number of rotatable bonds is 2. The van der Waals surface area contributed by atoms with Crippen LogP contribution in [0.5, 0.6) is 5.95 Å². The summed E-state index contributed by atoms with van der Waals surface area (Å²) in [6, 6.07) is 1.66. The molecule has 0 radical (unpaired) electrons. The van der Waals surface area contributed by atoms with Gasteiger partial charge in [0.25, 0.3) is 5.95 Å². The van der Waals surface area contributed by atoms with Crippen molar-refractivity contribution in [3.63, 3.8) is 0 Å². The Balaban J connectivity index is 2.74. The van der Waals surface area contributed by atoms with Crippen molar-refractivity contribution in [2.45, 2.75) is 6.92 Å². The average Bonchev–Trinajstić information content (AvgIpc) is 2.31. The highest BCUT2D eigenvalue weighted by Gasteiger charge is 1.97. The monoisotopic (exact) mass is 139 g/mol. The standard InChI is InChI=1S/C7H9NO2/c1-2-8-5-6-3-4-10-7(6)9/h3-5,9H,2H2,1H3. The summed E-state index contributed by atoms with van der Waals surface area (Å²) in [6.45, 7) is 2.64. The van der Waals surface area contributed by atoms with Gasteiger partial charge in [-0.05, 0) is 13.0 Å². The quantitative estimate of drug-likeness (QED) is 0.630. The van der Waals surface area contributed by atoms with E-state index in [1.54, 1.807) is 12.3 Å². The predicted molar refractivity (Wildman–Crippen MR) is 38.5 cm³/mol. The topological polar surface area (TPSA) is 45.7 Å². The molecule has 3 nitrogen and oxygen atoms in total. The van der Waals surface area contributed by atoms with E-state index in [0.717, 1.165) is 0 Å². The first kappa shape index (κ1) is 6.86. The summed E-state index contributed by atoms with van der Waals surface area (Å²) in [7, 11) is 0. The molecule has 1 aromatic rings. The number of hydrogen-bond donors (Lipinski definition) is 1. The van der Waals surface area contributed by atoms with Crippen molar-refractivity contribution in [2.75, 3.05) is 6.54 Å². The minimum absolute atomic E-state index is 0.0720. The van der Waals surface area contributed by atoms with E-state index >= 15 is 0 Å². The van der Waals surface area contributed by atoms with Crippen LogP contribution in [-0.2, 0) is 0 Å². The second kappa shape index (κ2) is 3.06. The van der Waals surface area contributed by atoms with Crippen LogP contribution in [0.25, 0.3) is 0 Å². The summed E-state index contributed by atoms with van der Waals surface area (Å²) in [6.07, 6.45) is 3.01. The Morgan fingerprint density at radius 3 is 3.10 bits per heavy atom. The minimum atomic E-state index is -0.0720. The Bertz CT molecular complexity index is 227. The van der Waals surface area contributed by atoms with Gasteiger partial charge in [-0.1, -0.05) is 0 Å². The van der Waals surface area contributed by atoms with Crippen molar-refractivity contribution >= 4 is 6.21 Å². The lowest BCUT2D eigenvalue weighted by Gasteiger charge is -1.83. The summed E-state index contributed by atoms with van der Waals surface area (Å²) >= 11 is 0. The zero-order chi connectivity index (χ0) is 7.40. The molecule has 0 fully saturated rings. The highest BCUT2D eigenvalue weighted by atomic mass is 16.5. The van der Waals surface area contributed by atoms with E-state index in [-0.39, 0.29) is 5.95 Å². The van der Waals surface area contributed by atoms with E-state index in [1.165, 1.54) is 6.26 Å². The van der Waals surface area contributed by atoms with Gasteiger partial charge in [0.05, 0.1) is 11.8 Å². The first-order valence-electron chi connectivity index (χ1n) is 3.11. The van der Waals surface area contributed by atoms with Crippen molar-refractivity contribution in [3.8, 4) is 5.95 Å². The lowest BCUT2D eigenvalue weighted by molar-refractivity contribution is 0.332. The molecule has 0 unspecified atom stereocenters. The van der Waals surface area contributed by atoms with Gasteiger partial charge in [-0.3, -0.25) is 4.99 Å². The van der Waals surface area contributed by atoms with Gasteiger partial charge >= 0.3 is 0 Å². The maximum Gasteiger partial charge on any atom is 0.290 e. The van der Waals surface area contributed by atoms with Crippen LogP contribution in [-0.4, -0.2) is 17.9 Å². The first-order valence-corrected chi connectivity index (χ1v) is 3.11. The third-order valence-corrected chi connectivity index (χ3v) is 1.09. The molecule has 0 saturated carbocycles. The van der Waals surface area contributed by atoms with Crippen LogP contribution in [0.2, 0.25) is 0 Å². The summed E-state index contributed by atoms with van der Waals surface area (Å²) in [5.74, 6) is -0.0720. The minimum Gasteiger partial charge on any atom is -0.480 e. The van der Waals surface area contributed by atoms with Crippen molar-refractivity contribution in [1.29, 1.82) is 0 Å². The Labute approximate surface area is 59.0 Å². The van der Waals surface area contributed by atoms with Gasteiger partial charge in [0, 0.05) is 12.8 Å². The molecule has 3 heteroatoms. The Hall–Kier alpha value is -1.25. The van der Waals surface area contributed by atoms with Gasteiger partial charge in [0.1, 0.15) is 0 Å². The fraction of sp³-hybridized carbons (Fsp3) is 0.286. The molecule has 0 aromatic carbocycles. The van der Waals surface area contributed by atoms with Crippen molar-refractivity contribution in [2.24, 2.45) is 4.99 Å². The molecule has 1 N–H and O–H groups in total. The second-order valence-corrected chi connectivity index (χ2v) is 1.81. The molecule has 0 amide bonds. The molecule has 10 heavy (non-hydrogen) atoms. The predicted octanol–water partition coefficient (Wildman–Crippen LogP) is 1.42. The molecule has 0 atom stereocenters. The lowest BCUT2D eigenvalue weighted by atomic mass is 10.4. The number of aliphatic imine (C=N–C) groups is 1. The summed E-state index contributed by atoms with van der Waals surface area (Å²) in [5.41, 5.74) is 0.627. The van der Waals surface area contributed by atoms with Gasteiger partial charge in [-0.15, -0.1) is 0 Å². The van der Waals surface area contributed by atoms with Crippen LogP contribution in [0.15, 0.2) is 21.7 Å². The molecule has 54 valence electrons. The maximum atomic E-state index is 8.92. The van der Waals surface area contributed by atoms with Gasteiger partial charge < -0.3 is 9.52 Å². The Morgan fingerprint density at radius 1 is 1.80 bits per heavy atom. The molecule has 0 spiro atoms. The first-order chi connectivity index (χ1) is 4.84. The molecule has 1 aromatic heterocycles. The van der Waals surface area contributed by atoms with E-state index < -0.39 is 0 Å².